The quantitative estimate of drug-likeness (QED) is 0.284. The van der Waals surface area contributed by atoms with Gasteiger partial charge in [-0.2, -0.15) is 5.10 Å². The molecule has 0 bridgehead atoms. The summed E-state index contributed by atoms with van der Waals surface area (Å²) in [5.74, 6) is 0.905. The van der Waals surface area contributed by atoms with Crippen LogP contribution in [0.25, 0.3) is 10.4 Å². The monoisotopic (exact) mass is 643 g/mol. The molecule has 2 N–H and O–H groups in total. The van der Waals surface area contributed by atoms with E-state index in [9.17, 15) is 13.2 Å². The molecule has 0 radical (unpaired) electrons. The van der Waals surface area contributed by atoms with Gasteiger partial charge in [0, 0.05) is 47.8 Å². The van der Waals surface area contributed by atoms with Crippen molar-refractivity contribution >= 4 is 38.8 Å². The van der Waals surface area contributed by atoms with Gasteiger partial charge in [0.05, 0.1) is 34.1 Å². The zero-order valence-corrected chi connectivity index (χ0v) is 27.1. The molecule has 0 spiro atoms. The second-order valence-corrected chi connectivity index (χ2v) is 15.4. The van der Waals surface area contributed by atoms with E-state index in [1.807, 2.05) is 43.7 Å². The standard InChI is InChI=1S/C31H41N5O6S2/c1-19(2)42-31(37)34-22-9-7-21(8-10-22)30-32-16-26(43-30)25-12-11-23(15-27(25)44(38,39)24-17-40-18-24)33-28-14-20(3)36(35-28)29-6-4-5-13-41-29/h11-12,14-16,19,21-22,24,29H,4-10,13,17-18H2,1-3H3,(H,33,35)(H,34,37). The summed E-state index contributed by atoms with van der Waals surface area (Å²) in [4.78, 5) is 17.8. The molecular weight excluding hydrogens is 603 g/mol. The Labute approximate surface area is 262 Å². The number of carbonyl (C=O) groups is 1. The molecule has 44 heavy (non-hydrogen) atoms. The predicted molar refractivity (Wildman–Crippen MR) is 168 cm³/mol. The van der Waals surface area contributed by atoms with E-state index >= 15 is 0 Å². The van der Waals surface area contributed by atoms with E-state index in [1.165, 1.54) is 0 Å². The molecule has 6 rings (SSSR count). The number of ether oxygens (including phenoxy) is 3. The molecule has 1 aliphatic carbocycles. The first-order valence-corrected chi connectivity index (χ1v) is 17.9. The maximum atomic E-state index is 13.8. The van der Waals surface area contributed by atoms with Crippen molar-refractivity contribution < 1.29 is 27.4 Å². The summed E-state index contributed by atoms with van der Waals surface area (Å²) in [6.45, 7) is 6.78. The van der Waals surface area contributed by atoms with Crippen molar-refractivity contribution in [3.05, 3.63) is 41.2 Å². The fraction of sp³-hybridized carbons (Fsp3) is 0.581. The van der Waals surface area contributed by atoms with Crippen molar-refractivity contribution in [1.82, 2.24) is 20.1 Å². The van der Waals surface area contributed by atoms with Gasteiger partial charge in [0.15, 0.2) is 21.9 Å². The lowest BCUT2D eigenvalue weighted by atomic mass is 9.86. The van der Waals surface area contributed by atoms with Gasteiger partial charge in [-0.15, -0.1) is 11.3 Å². The fourth-order valence-corrected chi connectivity index (χ4v) is 8.89. The molecule has 1 saturated carbocycles. The summed E-state index contributed by atoms with van der Waals surface area (Å²) in [6, 6.07) is 7.50. The Morgan fingerprint density at radius 2 is 1.91 bits per heavy atom. The zero-order valence-electron chi connectivity index (χ0n) is 25.5. The van der Waals surface area contributed by atoms with Crippen LogP contribution in [0.1, 0.15) is 81.6 Å². The molecule has 2 aromatic heterocycles. The summed E-state index contributed by atoms with van der Waals surface area (Å²) in [5, 5.41) is 11.4. The maximum Gasteiger partial charge on any atom is 0.407 e. The number of anilines is 2. The molecule has 238 valence electrons. The van der Waals surface area contributed by atoms with Crippen LogP contribution in [-0.4, -0.2) is 66.5 Å². The van der Waals surface area contributed by atoms with Crippen molar-refractivity contribution in [3.8, 4) is 10.4 Å². The molecule has 1 aromatic carbocycles. The summed E-state index contributed by atoms with van der Waals surface area (Å²) in [5.41, 5.74) is 2.27. The Morgan fingerprint density at radius 3 is 2.59 bits per heavy atom. The second kappa shape index (κ2) is 13.2. The highest BCUT2D eigenvalue weighted by molar-refractivity contribution is 7.92. The number of alkyl carbamates (subject to hydrolysis) is 1. The second-order valence-electron chi connectivity index (χ2n) is 12.2. The number of benzene rings is 1. The number of aryl methyl sites for hydroxylation is 1. The van der Waals surface area contributed by atoms with Gasteiger partial charge in [-0.3, -0.25) is 0 Å². The van der Waals surface area contributed by atoms with Gasteiger partial charge >= 0.3 is 6.09 Å². The summed E-state index contributed by atoms with van der Waals surface area (Å²) < 4.78 is 45.8. The molecule has 2 saturated heterocycles. The first kappa shape index (κ1) is 31.0. The number of aromatic nitrogens is 3. The third-order valence-electron chi connectivity index (χ3n) is 8.49. The summed E-state index contributed by atoms with van der Waals surface area (Å²) in [7, 11) is -3.64. The SMILES string of the molecule is Cc1cc(Nc2ccc(-c3cnc(C4CCC(NC(=O)OC(C)C)CC4)s3)c(S(=O)(=O)C3COC3)c2)nn1C1CCCCO1. The number of thiazole rings is 1. The maximum absolute atomic E-state index is 13.8. The van der Waals surface area contributed by atoms with Gasteiger partial charge < -0.3 is 24.8 Å². The van der Waals surface area contributed by atoms with Crippen LogP contribution < -0.4 is 10.6 Å². The van der Waals surface area contributed by atoms with Crippen molar-refractivity contribution in [1.29, 1.82) is 0 Å². The minimum absolute atomic E-state index is 0.0792. The van der Waals surface area contributed by atoms with E-state index in [-0.39, 0.29) is 48.5 Å². The van der Waals surface area contributed by atoms with Gasteiger partial charge in [-0.1, -0.05) is 6.07 Å². The van der Waals surface area contributed by atoms with Crippen molar-refractivity contribution in [2.45, 2.75) is 100 Å². The van der Waals surface area contributed by atoms with Crippen LogP contribution in [0.2, 0.25) is 0 Å². The highest BCUT2D eigenvalue weighted by Gasteiger charge is 2.36. The number of hydrogen-bond donors (Lipinski definition) is 2. The lowest BCUT2D eigenvalue weighted by molar-refractivity contribution is -0.0404. The van der Waals surface area contributed by atoms with Crippen LogP contribution in [0.3, 0.4) is 0 Å². The van der Waals surface area contributed by atoms with Crippen LogP contribution in [0, 0.1) is 6.92 Å². The number of nitrogens with one attached hydrogen (secondary N) is 2. The number of carbonyl (C=O) groups excluding carboxylic acids is 1. The Hall–Kier alpha value is -3.00. The van der Waals surface area contributed by atoms with Crippen LogP contribution in [0.4, 0.5) is 16.3 Å². The van der Waals surface area contributed by atoms with Crippen molar-refractivity contribution in [3.63, 3.8) is 0 Å². The third-order valence-corrected chi connectivity index (χ3v) is 11.8. The van der Waals surface area contributed by atoms with Crippen molar-refractivity contribution in [2.24, 2.45) is 0 Å². The van der Waals surface area contributed by atoms with E-state index in [1.54, 1.807) is 23.6 Å². The van der Waals surface area contributed by atoms with Crippen LogP contribution in [-0.2, 0) is 24.0 Å². The van der Waals surface area contributed by atoms with Crippen molar-refractivity contribution in [2.75, 3.05) is 25.1 Å². The van der Waals surface area contributed by atoms with E-state index < -0.39 is 15.1 Å². The predicted octanol–water partition coefficient (Wildman–Crippen LogP) is 6.09. The normalized spacial score (nSPS) is 22.9. The molecule has 1 atom stereocenters. The van der Waals surface area contributed by atoms with Crippen LogP contribution in [0.5, 0.6) is 0 Å². The number of hydrogen-bond acceptors (Lipinski definition) is 10. The number of rotatable bonds is 9. The largest absolute Gasteiger partial charge is 0.447 e. The Balaban J connectivity index is 1.20. The molecule has 13 heteroatoms. The Morgan fingerprint density at radius 1 is 1.11 bits per heavy atom. The molecule has 1 unspecified atom stereocenters. The molecule has 3 aliphatic rings. The highest BCUT2D eigenvalue weighted by Crippen LogP contribution is 2.41. The van der Waals surface area contributed by atoms with Gasteiger partial charge in [0.2, 0.25) is 0 Å². The van der Waals surface area contributed by atoms with E-state index in [4.69, 9.17) is 24.3 Å². The molecule has 1 amide bonds. The Bertz CT molecular complexity index is 1570. The molecule has 3 fully saturated rings. The zero-order chi connectivity index (χ0) is 30.8. The van der Waals surface area contributed by atoms with Gasteiger partial charge in [0.25, 0.3) is 0 Å². The average Bonchev–Trinajstić information content (AvgIpc) is 3.59. The highest BCUT2D eigenvalue weighted by atomic mass is 32.2. The minimum Gasteiger partial charge on any atom is -0.447 e. The summed E-state index contributed by atoms with van der Waals surface area (Å²) in [6.07, 6.45) is 7.75. The van der Waals surface area contributed by atoms with E-state index in [0.29, 0.717) is 17.1 Å². The Kier molecular flexibility index (Phi) is 9.27. The van der Waals surface area contributed by atoms with Gasteiger partial charge in [-0.25, -0.2) is 22.9 Å². The molecule has 11 nitrogen and oxygen atoms in total. The number of amides is 1. The molecule has 4 heterocycles. The van der Waals surface area contributed by atoms with Crippen LogP contribution >= 0.6 is 11.3 Å². The first-order valence-electron chi connectivity index (χ1n) is 15.5. The fourth-order valence-electron chi connectivity index (χ4n) is 6.02. The average molecular weight is 644 g/mol. The number of sulfone groups is 1. The third kappa shape index (κ3) is 6.80. The van der Waals surface area contributed by atoms with Crippen LogP contribution in [0.15, 0.2) is 35.4 Å². The minimum atomic E-state index is -3.64. The van der Waals surface area contributed by atoms with E-state index in [0.717, 1.165) is 67.1 Å². The topological polar surface area (TPSA) is 134 Å². The summed E-state index contributed by atoms with van der Waals surface area (Å²) >= 11 is 1.55. The van der Waals surface area contributed by atoms with Gasteiger partial charge in [0.1, 0.15) is 5.25 Å². The lowest BCUT2D eigenvalue weighted by Gasteiger charge is -2.28. The van der Waals surface area contributed by atoms with Gasteiger partial charge in [-0.05, 0) is 77.8 Å². The smallest absolute Gasteiger partial charge is 0.407 e. The first-order chi connectivity index (χ1) is 21.2. The van der Waals surface area contributed by atoms with E-state index in [2.05, 4.69) is 10.6 Å². The molecular formula is C31H41N5O6S2. The molecule has 3 aromatic rings. The number of nitrogens with zero attached hydrogens (tertiary/aromatic N) is 3. The molecule has 2 aliphatic heterocycles. The lowest BCUT2D eigenvalue weighted by Crippen LogP contribution is -2.40.